The third-order valence-corrected chi connectivity index (χ3v) is 7.41. The van der Waals surface area contributed by atoms with Crippen molar-refractivity contribution in [3.8, 4) is 12.3 Å². The van der Waals surface area contributed by atoms with Crippen molar-refractivity contribution in [3.05, 3.63) is 0 Å². The van der Waals surface area contributed by atoms with Crippen molar-refractivity contribution in [2.24, 2.45) is 27.5 Å². The number of alkyl carbamates (subject to hydrolysis) is 1. The van der Waals surface area contributed by atoms with Crippen LogP contribution in [0.2, 0.25) is 0 Å². The number of rotatable bonds is 8. The van der Waals surface area contributed by atoms with Gasteiger partial charge >= 0.3 is 6.09 Å². The first-order chi connectivity index (χ1) is 14.5. The second-order valence-corrected chi connectivity index (χ2v) is 11.5. The SMILES string of the molecule is C#CCCC1(CCC(=O)NCC23CC4CC(C2)CC(NC(=O)OC(C)(C)C)(C4)C3)N=N1. The van der Waals surface area contributed by atoms with Gasteiger partial charge < -0.3 is 15.4 Å². The number of amides is 2. The molecule has 7 nitrogen and oxygen atoms in total. The molecule has 7 heteroatoms. The Morgan fingerprint density at radius 1 is 1.13 bits per heavy atom. The summed E-state index contributed by atoms with van der Waals surface area (Å²) in [5, 5.41) is 14.7. The zero-order chi connectivity index (χ0) is 22.3. The van der Waals surface area contributed by atoms with Crippen molar-refractivity contribution in [3.63, 3.8) is 0 Å². The van der Waals surface area contributed by atoms with E-state index in [0.29, 0.717) is 37.6 Å². The molecular weight excluding hydrogens is 392 g/mol. The lowest BCUT2D eigenvalue weighted by Gasteiger charge is -2.62. The van der Waals surface area contributed by atoms with Gasteiger partial charge in [-0.2, -0.15) is 10.2 Å². The molecule has 4 saturated carbocycles. The number of ether oxygens (including phenoxy) is 1. The molecule has 4 bridgehead atoms. The van der Waals surface area contributed by atoms with Crippen LogP contribution in [0, 0.1) is 29.6 Å². The molecule has 1 heterocycles. The molecule has 0 aromatic rings. The van der Waals surface area contributed by atoms with E-state index in [0.717, 1.165) is 38.5 Å². The van der Waals surface area contributed by atoms with Crippen molar-refractivity contribution in [1.82, 2.24) is 10.6 Å². The van der Waals surface area contributed by atoms with E-state index in [-0.39, 0.29) is 23.0 Å². The van der Waals surface area contributed by atoms with Crippen molar-refractivity contribution in [1.29, 1.82) is 0 Å². The summed E-state index contributed by atoms with van der Waals surface area (Å²) in [4.78, 5) is 25.1. The quantitative estimate of drug-likeness (QED) is 0.564. The third-order valence-electron chi connectivity index (χ3n) is 7.41. The van der Waals surface area contributed by atoms with E-state index in [9.17, 15) is 9.59 Å². The van der Waals surface area contributed by atoms with Gasteiger partial charge in [-0.1, -0.05) is 0 Å². The summed E-state index contributed by atoms with van der Waals surface area (Å²) in [6, 6.07) is 0. The molecule has 4 aliphatic carbocycles. The highest BCUT2D eigenvalue weighted by Gasteiger charge is 2.58. The lowest BCUT2D eigenvalue weighted by Crippen LogP contribution is -2.65. The fraction of sp³-hybridized carbons (Fsp3) is 0.833. The Bertz CT molecular complexity index is 787. The van der Waals surface area contributed by atoms with Gasteiger partial charge in [-0.15, -0.1) is 12.3 Å². The van der Waals surface area contributed by atoms with Crippen molar-refractivity contribution >= 4 is 12.0 Å². The van der Waals surface area contributed by atoms with E-state index in [2.05, 4.69) is 26.8 Å². The fourth-order valence-electron chi connectivity index (χ4n) is 6.68. The Labute approximate surface area is 185 Å². The summed E-state index contributed by atoms with van der Waals surface area (Å²) >= 11 is 0. The van der Waals surface area contributed by atoms with E-state index < -0.39 is 11.3 Å². The second kappa shape index (κ2) is 7.79. The summed E-state index contributed by atoms with van der Waals surface area (Å²) in [5.41, 5.74) is -1.03. The van der Waals surface area contributed by atoms with Gasteiger partial charge in [0.15, 0.2) is 5.66 Å². The Morgan fingerprint density at radius 2 is 1.81 bits per heavy atom. The monoisotopic (exact) mass is 428 g/mol. The summed E-state index contributed by atoms with van der Waals surface area (Å²) in [7, 11) is 0. The largest absolute Gasteiger partial charge is 0.444 e. The molecule has 0 radical (unpaired) electrons. The molecule has 4 fully saturated rings. The fourth-order valence-corrected chi connectivity index (χ4v) is 6.68. The van der Waals surface area contributed by atoms with Crippen LogP contribution in [0.5, 0.6) is 0 Å². The Morgan fingerprint density at radius 3 is 2.39 bits per heavy atom. The average molecular weight is 429 g/mol. The van der Waals surface area contributed by atoms with Crippen LogP contribution in [-0.2, 0) is 9.53 Å². The minimum absolute atomic E-state index is 0.0577. The maximum absolute atomic E-state index is 12.6. The second-order valence-electron chi connectivity index (χ2n) is 11.5. The number of hydrogen-bond acceptors (Lipinski definition) is 5. The maximum atomic E-state index is 12.6. The van der Waals surface area contributed by atoms with Crippen LogP contribution in [-0.4, -0.2) is 35.3 Å². The number of nitrogens with zero attached hydrogens (tertiary/aromatic N) is 2. The zero-order valence-electron chi connectivity index (χ0n) is 19.1. The number of carbonyl (C=O) groups excluding carboxylic acids is 2. The smallest absolute Gasteiger partial charge is 0.408 e. The van der Waals surface area contributed by atoms with Crippen LogP contribution >= 0.6 is 0 Å². The van der Waals surface area contributed by atoms with Crippen molar-refractivity contribution < 1.29 is 14.3 Å². The lowest BCUT2D eigenvalue weighted by atomic mass is 9.47. The van der Waals surface area contributed by atoms with Gasteiger partial charge in [0.05, 0.1) is 0 Å². The first-order valence-corrected chi connectivity index (χ1v) is 11.7. The molecule has 0 aromatic carbocycles. The summed E-state index contributed by atoms with van der Waals surface area (Å²) in [6.45, 7) is 6.36. The first kappa shape index (κ1) is 22.1. The van der Waals surface area contributed by atoms with E-state index in [1.807, 2.05) is 20.8 Å². The summed E-state index contributed by atoms with van der Waals surface area (Å²) in [5.74, 6) is 3.91. The minimum Gasteiger partial charge on any atom is -0.444 e. The highest BCUT2D eigenvalue weighted by molar-refractivity contribution is 5.76. The lowest BCUT2D eigenvalue weighted by molar-refractivity contribution is -0.124. The molecule has 2 unspecified atom stereocenters. The molecule has 170 valence electrons. The minimum atomic E-state index is -0.504. The highest BCUT2D eigenvalue weighted by atomic mass is 16.6. The Hall–Kier alpha value is -2.10. The van der Waals surface area contributed by atoms with Crippen LogP contribution in [0.1, 0.15) is 85.0 Å². The van der Waals surface area contributed by atoms with Gasteiger partial charge in [-0.05, 0) is 76.5 Å². The van der Waals surface area contributed by atoms with E-state index in [1.165, 1.54) is 6.42 Å². The van der Waals surface area contributed by atoms with Crippen molar-refractivity contribution in [2.45, 2.75) is 102 Å². The average Bonchev–Trinajstić information content (AvgIpc) is 3.40. The molecule has 0 spiro atoms. The number of carbonyl (C=O) groups is 2. The topological polar surface area (TPSA) is 92.2 Å². The predicted octanol–water partition coefficient (Wildman–Crippen LogP) is 4.32. The van der Waals surface area contributed by atoms with Crippen LogP contribution in [0.15, 0.2) is 10.2 Å². The van der Waals surface area contributed by atoms with Gasteiger partial charge in [0.25, 0.3) is 0 Å². The van der Waals surface area contributed by atoms with Crippen LogP contribution < -0.4 is 10.6 Å². The van der Waals surface area contributed by atoms with Gasteiger partial charge in [0.1, 0.15) is 5.60 Å². The van der Waals surface area contributed by atoms with E-state index in [1.54, 1.807) is 0 Å². The van der Waals surface area contributed by atoms with E-state index in [4.69, 9.17) is 11.2 Å². The van der Waals surface area contributed by atoms with Crippen molar-refractivity contribution in [2.75, 3.05) is 6.54 Å². The third kappa shape index (κ3) is 5.22. The van der Waals surface area contributed by atoms with Gasteiger partial charge in [-0.3, -0.25) is 4.79 Å². The molecule has 2 atom stereocenters. The van der Waals surface area contributed by atoms with Gasteiger partial charge in [0.2, 0.25) is 5.91 Å². The molecule has 31 heavy (non-hydrogen) atoms. The zero-order valence-corrected chi connectivity index (χ0v) is 19.1. The van der Waals surface area contributed by atoms with Crippen LogP contribution in [0.4, 0.5) is 4.79 Å². The molecule has 5 rings (SSSR count). The standard InChI is InChI=1S/C24H36N4O3/c1-5-6-8-24(27-28-24)9-7-19(29)25-16-22-11-17-10-18(12-22)14-23(13-17,15-22)26-20(30)31-21(2,3)4/h1,17-18H,6-16H2,2-4H3,(H,25,29)(H,26,30). The molecule has 1 aliphatic heterocycles. The molecule has 0 saturated heterocycles. The molecule has 5 aliphatic rings. The first-order valence-electron chi connectivity index (χ1n) is 11.7. The maximum Gasteiger partial charge on any atom is 0.408 e. The predicted molar refractivity (Wildman–Crippen MR) is 117 cm³/mol. The normalized spacial score (nSPS) is 34.1. The Kier molecular flexibility index (Phi) is 5.56. The summed E-state index contributed by atoms with van der Waals surface area (Å²) in [6.07, 6.45) is 13.9. The Balaban J connectivity index is 1.32. The molecular formula is C24H36N4O3. The van der Waals surface area contributed by atoms with Gasteiger partial charge in [0, 0.05) is 37.8 Å². The van der Waals surface area contributed by atoms with Crippen LogP contribution in [0.3, 0.4) is 0 Å². The number of nitrogens with one attached hydrogen (secondary N) is 2. The number of hydrogen-bond donors (Lipinski definition) is 2. The van der Waals surface area contributed by atoms with E-state index >= 15 is 0 Å². The van der Waals surface area contributed by atoms with Gasteiger partial charge in [-0.25, -0.2) is 4.79 Å². The highest BCUT2D eigenvalue weighted by Crippen LogP contribution is 2.61. The molecule has 0 aromatic heterocycles. The number of terminal acetylenes is 1. The van der Waals surface area contributed by atoms with Crippen LogP contribution in [0.25, 0.3) is 0 Å². The summed E-state index contributed by atoms with van der Waals surface area (Å²) < 4.78 is 5.56. The molecule has 2 N–H and O–H groups in total. The molecule has 2 amide bonds.